The number of thiophene rings is 1. The Morgan fingerprint density at radius 1 is 1.56 bits per heavy atom. The maximum atomic E-state index is 11.7. The molecule has 1 aliphatic heterocycles. The number of amides is 1. The smallest absolute Gasteiger partial charge is 0.254 e. The van der Waals surface area contributed by atoms with Gasteiger partial charge in [0.15, 0.2) is 9.84 Å². The average molecular weight is 261 g/mol. The number of aliphatic hydroxyl groups excluding tert-OH is 1. The number of rotatable bonds is 2. The molecule has 5 nitrogen and oxygen atoms in total. The lowest BCUT2D eigenvalue weighted by Gasteiger charge is -2.35. The van der Waals surface area contributed by atoms with Crippen molar-refractivity contribution in [3.63, 3.8) is 0 Å². The zero-order chi connectivity index (χ0) is 11.9. The fraction of sp³-hybridized carbons (Fsp3) is 0.444. The van der Waals surface area contributed by atoms with Crippen LogP contribution < -0.4 is 0 Å². The fourth-order valence-electron chi connectivity index (χ4n) is 1.43. The Labute approximate surface area is 97.2 Å². The molecule has 1 aliphatic rings. The van der Waals surface area contributed by atoms with Crippen LogP contribution in [0.15, 0.2) is 15.7 Å². The number of carbonyl (C=O) groups is 1. The van der Waals surface area contributed by atoms with E-state index in [-0.39, 0.29) is 10.1 Å². The molecule has 0 atom stereocenters. The molecule has 0 radical (unpaired) electrons. The first-order valence-electron chi connectivity index (χ1n) is 4.64. The molecule has 0 aliphatic carbocycles. The number of aliphatic hydroxyl groups is 1. The van der Waals surface area contributed by atoms with Crippen molar-refractivity contribution in [2.24, 2.45) is 0 Å². The molecule has 0 spiro atoms. The molecule has 88 valence electrons. The molecular weight excluding hydrogens is 250 g/mol. The highest BCUT2D eigenvalue weighted by molar-refractivity contribution is 7.92. The Bertz CT molecular complexity index is 513. The van der Waals surface area contributed by atoms with E-state index in [0.29, 0.717) is 18.7 Å². The van der Waals surface area contributed by atoms with Gasteiger partial charge in [-0.1, -0.05) is 0 Å². The summed E-state index contributed by atoms with van der Waals surface area (Å²) in [6.07, 6.45) is 0.664. The number of likely N-dealkylation sites (tertiary alicyclic amines) is 1. The lowest BCUT2D eigenvalue weighted by molar-refractivity contribution is 0.00592. The predicted octanol–water partition coefficient (Wildman–Crippen LogP) is -0.0317. The van der Waals surface area contributed by atoms with Crippen LogP contribution in [0.5, 0.6) is 0 Å². The molecule has 2 rings (SSSR count). The van der Waals surface area contributed by atoms with E-state index in [2.05, 4.69) is 0 Å². The number of sulfone groups is 1. The van der Waals surface area contributed by atoms with Gasteiger partial charge in [0.1, 0.15) is 4.21 Å². The Morgan fingerprint density at radius 2 is 2.19 bits per heavy atom. The van der Waals surface area contributed by atoms with Crippen LogP contribution in [-0.4, -0.2) is 49.8 Å². The summed E-state index contributed by atoms with van der Waals surface area (Å²) in [7, 11) is -3.24. The van der Waals surface area contributed by atoms with E-state index in [1.807, 2.05) is 0 Å². The summed E-state index contributed by atoms with van der Waals surface area (Å²) in [5, 5.41) is 10.6. The normalized spacial score (nSPS) is 17.2. The number of hydrogen-bond donors (Lipinski definition) is 1. The van der Waals surface area contributed by atoms with Gasteiger partial charge < -0.3 is 10.0 Å². The van der Waals surface area contributed by atoms with Crippen LogP contribution >= 0.6 is 11.3 Å². The van der Waals surface area contributed by atoms with Crippen molar-refractivity contribution in [1.29, 1.82) is 0 Å². The van der Waals surface area contributed by atoms with Crippen LogP contribution in [0.2, 0.25) is 0 Å². The van der Waals surface area contributed by atoms with Crippen molar-refractivity contribution in [2.75, 3.05) is 19.3 Å². The highest BCUT2D eigenvalue weighted by Crippen LogP contribution is 2.22. The summed E-state index contributed by atoms with van der Waals surface area (Å²) in [4.78, 5) is 13.2. The van der Waals surface area contributed by atoms with Crippen LogP contribution in [0.25, 0.3) is 0 Å². The van der Waals surface area contributed by atoms with Crippen molar-refractivity contribution < 1.29 is 18.3 Å². The SMILES string of the molecule is CS(=O)(=O)c1cc(C(=O)N2CC(O)C2)cs1. The summed E-state index contributed by atoms with van der Waals surface area (Å²) >= 11 is 1.04. The van der Waals surface area contributed by atoms with Crippen molar-refractivity contribution in [3.05, 3.63) is 17.0 Å². The molecule has 2 heterocycles. The van der Waals surface area contributed by atoms with Crippen LogP contribution in [-0.2, 0) is 9.84 Å². The molecule has 1 aromatic rings. The van der Waals surface area contributed by atoms with E-state index < -0.39 is 15.9 Å². The van der Waals surface area contributed by atoms with Crippen molar-refractivity contribution in [1.82, 2.24) is 4.90 Å². The van der Waals surface area contributed by atoms with Crippen LogP contribution in [0.3, 0.4) is 0 Å². The molecule has 1 aromatic heterocycles. The number of hydrogen-bond acceptors (Lipinski definition) is 5. The molecule has 0 bridgehead atoms. The standard InChI is InChI=1S/C9H11NO4S2/c1-16(13,14)8-2-6(5-15-8)9(12)10-3-7(11)4-10/h2,5,7,11H,3-4H2,1H3. The van der Waals surface area contributed by atoms with Gasteiger partial charge in [-0.3, -0.25) is 4.79 Å². The maximum Gasteiger partial charge on any atom is 0.254 e. The lowest BCUT2D eigenvalue weighted by Crippen LogP contribution is -2.53. The minimum absolute atomic E-state index is 0.192. The third-order valence-electron chi connectivity index (χ3n) is 2.34. The quantitative estimate of drug-likeness (QED) is 0.811. The molecule has 7 heteroatoms. The zero-order valence-corrected chi connectivity index (χ0v) is 10.2. The lowest BCUT2D eigenvalue weighted by atomic mass is 10.1. The van der Waals surface area contributed by atoms with Gasteiger partial charge in [0.25, 0.3) is 5.91 Å². The Balaban J connectivity index is 2.17. The molecular formula is C9H11NO4S2. The monoisotopic (exact) mass is 261 g/mol. The van der Waals surface area contributed by atoms with Gasteiger partial charge in [0, 0.05) is 24.7 Å². The first-order chi connectivity index (χ1) is 7.38. The Morgan fingerprint density at radius 3 is 2.62 bits per heavy atom. The number of carbonyl (C=O) groups excluding carboxylic acids is 1. The number of nitrogens with zero attached hydrogens (tertiary/aromatic N) is 1. The topological polar surface area (TPSA) is 74.7 Å². The van der Waals surface area contributed by atoms with Gasteiger partial charge >= 0.3 is 0 Å². The first kappa shape index (κ1) is 11.6. The molecule has 0 aromatic carbocycles. The van der Waals surface area contributed by atoms with Gasteiger partial charge in [-0.05, 0) is 6.07 Å². The third kappa shape index (κ3) is 2.11. The molecule has 1 amide bonds. The molecule has 1 fully saturated rings. The summed E-state index contributed by atoms with van der Waals surface area (Å²) in [5.41, 5.74) is 0.373. The zero-order valence-electron chi connectivity index (χ0n) is 8.58. The predicted molar refractivity (Wildman–Crippen MR) is 59.3 cm³/mol. The molecule has 1 N–H and O–H groups in total. The van der Waals surface area contributed by atoms with Gasteiger partial charge in [0.05, 0.1) is 11.7 Å². The van der Waals surface area contributed by atoms with Crippen molar-refractivity contribution >= 4 is 27.1 Å². The second kappa shape index (κ2) is 3.83. The molecule has 16 heavy (non-hydrogen) atoms. The second-order valence-electron chi connectivity index (χ2n) is 3.79. The van der Waals surface area contributed by atoms with Gasteiger partial charge in [-0.2, -0.15) is 0 Å². The van der Waals surface area contributed by atoms with E-state index in [4.69, 9.17) is 5.11 Å². The van der Waals surface area contributed by atoms with E-state index in [0.717, 1.165) is 17.6 Å². The third-order valence-corrected chi connectivity index (χ3v) is 5.10. The largest absolute Gasteiger partial charge is 0.389 e. The second-order valence-corrected chi connectivity index (χ2v) is 6.94. The van der Waals surface area contributed by atoms with Crippen LogP contribution in [0, 0.1) is 0 Å². The summed E-state index contributed by atoms with van der Waals surface area (Å²) < 4.78 is 22.6. The van der Waals surface area contributed by atoms with Crippen molar-refractivity contribution in [3.8, 4) is 0 Å². The van der Waals surface area contributed by atoms with E-state index in [1.165, 1.54) is 16.3 Å². The highest BCUT2D eigenvalue weighted by Gasteiger charge is 2.30. The van der Waals surface area contributed by atoms with Crippen molar-refractivity contribution in [2.45, 2.75) is 10.3 Å². The fourth-order valence-corrected chi connectivity index (χ4v) is 3.22. The summed E-state index contributed by atoms with van der Waals surface area (Å²) in [6, 6.07) is 1.38. The highest BCUT2D eigenvalue weighted by atomic mass is 32.2. The minimum atomic E-state index is -3.24. The van der Waals surface area contributed by atoms with E-state index >= 15 is 0 Å². The summed E-state index contributed by atoms with van der Waals surface area (Å²) in [6.45, 7) is 0.645. The minimum Gasteiger partial charge on any atom is -0.389 e. The Kier molecular flexibility index (Phi) is 2.77. The van der Waals surface area contributed by atoms with E-state index in [1.54, 1.807) is 0 Å². The first-order valence-corrected chi connectivity index (χ1v) is 7.41. The van der Waals surface area contributed by atoms with Gasteiger partial charge in [0.2, 0.25) is 0 Å². The van der Waals surface area contributed by atoms with E-state index in [9.17, 15) is 13.2 Å². The number of β-amino-alcohol motifs (C(OH)–C–C–N with tert-alkyl or cyclic N) is 1. The molecule has 0 saturated carbocycles. The molecule has 0 unspecified atom stereocenters. The maximum absolute atomic E-state index is 11.7. The van der Waals surface area contributed by atoms with Crippen LogP contribution in [0.1, 0.15) is 10.4 Å². The Hall–Kier alpha value is -0.920. The van der Waals surface area contributed by atoms with Gasteiger partial charge in [-0.25, -0.2) is 8.42 Å². The molecule has 1 saturated heterocycles. The van der Waals surface area contributed by atoms with Crippen LogP contribution in [0.4, 0.5) is 0 Å². The average Bonchev–Trinajstić information content (AvgIpc) is 2.59. The summed E-state index contributed by atoms with van der Waals surface area (Å²) in [5.74, 6) is -0.226. The van der Waals surface area contributed by atoms with Gasteiger partial charge in [-0.15, -0.1) is 11.3 Å².